The molecule has 4 N–H and O–H groups in total. The fraction of sp³-hybridized carbons (Fsp3) is 0.0714. The number of primary amides is 2. The van der Waals surface area contributed by atoms with Crippen LogP contribution in [0.3, 0.4) is 0 Å². The molecule has 0 saturated heterocycles. The van der Waals surface area contributed by atoms with E-state index in [0.29, 0.717) is 5.56 Å². The highest BCUT2D eigenvalue weighted by molar-refractivity contribution is 5.69. The van der Waals surface area contributed by atoms with E-state index in [2.05, 4.69) is 11.5 Å². The summed E-state index contributed by atoms with van der Waals surface area (Å²) in [5.41, 5.74) is 9.25. The van der Waals surface area contributed by atoms with E-state index >= 15 is 0 Å². The number of alkyl halides is 3. The van der Waals surface area contributed by atoms with Crippen LogP contribution in [0.15, 0.2) is 54.6 Å². The lowest BCUT2D eigenvalue weighted by atomic mass is 10.0. The maximum atomic E-state index is 12.5. The van der Waals surface area contributed by atoms with Gasteiger partial charge in [0.2, 0.25) is 0 Å². The summed E-state index contributed by atoms with van der Waals surface area (Å²) in [4.78, 5) is 9.00. The van der Waals surface area contributed by atoms with Gasteiger partial charge in [-0.2, -0.15) is 13.2 Å². The zero-order chi connectivity index (χ0) is 15.2. The van der Waals surface area contributed by atoms with Gasteiger partial charge in [-0.1, -0.05) is 42.5 Å². The highest BCUT2D eigenvalue weighted by Crippen LogP contribution is 2.31. The fourth-order valence-corrected chi connectivity index (χ4v) is 1.51. The molecule has 106 valence electrons. The van der Waals surface area contributed by atoms with Crippen molar-refractivity contribution in [3.8, 4) is 11.1 Å². The topological polar surface area (TPSA) is 69.1 Å². The molecular formula is C14H13F3N2O. The second kappa shape index (κ2) is 6.60. The van der Waals surface area contributed by atoms with E-state index in [0.717, 1.165) is 17.7 Å². The Morgan fingerprint density at radius 2 is 1.35 bits per heavy atom. The number of urea groups is 1. The first-order valence-electron chi connectivity index (χ1n) is 5.58. The Morgan fingerprint density at radius 1 is 0.850 bits per heavy atom. The van der Waals surface area contributed by atoms with Crippen LogP contribution in [0.4, 0.5) is 18.0 Å². The standard InChI is InChI=1S/C13H9F3.CH4N2O/c14-13(15,16)12-8-4-7-11(9-12)10-5-2-1-3-6-10;2-1(3)4/h1-9H;(H4,2,3,4). The lowest BCUT2D eigenvalue weighted by Crippen LogP contribution is -2.18. The van der Waals surface area contributed by atoms with Gasteiger partial charge in [-0.25, -0.2) is 4.79 Å². The van der Waals surface area contributed by atoms with Crippen molar-refractivity contribution in [3.05, 3.63) is 60.2 Å². The number of rotatable bonds is 1. The molecule has 0 spiro atoms. The Labute approximate surface area is 114 Å². The molecule has 2 aromatic carbocycles. The molecule has 2 aromatic rings. The summed E-state index contributed by atoms with van der Waals surface area (Å²) in [6.45, 7) is 0. The first-order valence-corrected chi connectivity index (χ1v) is 5.58. The van der Waals surface area contributed by atoms with Gasteiger partial charge in [0, 0.05) is 0 Å². The van der Waals surface area contributed by atoms with Crippen LogP contribution < -0.4 is 11.5 Å². The van der Waals surface area contributed by atoms with E-state index in [1.807, 2.05) is 6.07 Å². The monoisotopic (exact) mass is 282 g/mol. The third-order valence-corrected chi connectivity index (χ3v) is 2.30. The molecule has 0 atom stereocenters. The molecule has 0 heterocycles. The smallest absolute Gasteiger partial charge is 0.352 e. The van der Waals surface area contributed by atoms with Gasteiger partial charge >= 0.3 is 12.2 Å². The molecule has 20 heavy (non-hydrogen) atoms. The van der Waals surface area contributed by atoms with Crippen LogP contribution >= 0.6 is 0 Å². The number of benzene rings is 2. The summed E-state index contributed by atoms with van der Waals surface area (Å²) in [6, 6.07) is 13.5. The molecular weight excluding hydrogens is 269 g/mol. The molecule has 0 radical (unpaired) electrons. The van der Waals surface area contributed by atoms with E-state index in [1.165, 1.54) is 6.07 Å². The SMILES string of the molecule is FC(F)(F)c1cccc(-c2ccccc2)c1.NC(N)=O. The molecule has 6 heteroatoms. The van der Waals surface area contributed by atoms with E-state index in [4.69, 9.17) is 4.79 Å². The van der Waals surface area contributed by atoms with Crippen molar-refractivity contribution >= 4 is 6.03 Å². The van der Waals surface area contributed by atoms with Crippen LogP contribution in [0.2, 0.25) is 0 Å². The van der Waals surface area contributed by atoms with Crippen LogP contribution in [-0.2, 0) is 6.18 Å². The Kier molecular flexibility index (Phi) is 5.14. The van der Waals surface area contributed by atoms with Gasteiger partial charge in [-0.15, -0.1) is 0 Å². The first kappa shape index (κ1) is 15.6. The highest BCUT2D eigenvalue weighted by atomic mass is 19.4. The lowest BCUT2D eigenvalue weighted by molar-refractivity contribution is -0.137. The lowest BCUT2D eigenvalue weighted by Gasteiger charge is -2.08. The molecule has 2 rings (SSSR count). The third-order valence-electron chi connectivity index (χ3n) is 2.30. The minimum absolute atomic E-state index is 0.579. The quantitative estimate of drug-likeness (QED) is 0.827. The molecule has 0 aliphatic rings. The summed E-state index contributed by atoms with van der Waals surface area (Å²) < 4.78 is 37.5. The van der Waals surface area contributed by atoms with E-state index < -0.39 is 17.8 Å². The zero-order valence-corrected chi connectivity index (χ0v) is 10.4. The average Bonchev–Trinajstić information content (AvgIpc) is 2.38. The average molecular weight is 282 g/mol. The van der Waals surface area contributed by atoms with E-state index in [1.54, 1.807) is 30.3 Å². The molecule has 0 bridgehead atoms. The normalized spacial score (nSPS) is 10.3. The molecule has 0 fully saturated rings. The van der Waals surface area contributed by atoms with Crippen LogP contribution in [0.25, 0.3) is 11.1 Å². The van der Waals surface area contributed by atoms with Crippen molar-refractivity contribution in [1.29, 1.82) is 0 Å². The van der Waals surface area contributed by atoms with Crippen molar-refractivity contribution in [1.82, 2.24) is 0 Å². The number of halogens is 3. The Hall–Kier alpha value is -2.50. The van der Waals surface area contributed by atoms with Gasteiger partial charge < -0.3 is 11.5 Å². The van der Waals surface area contributed by atoms with Gasteiger partial charge in [0.1, 0.15) is 0 Å². The molecule has 3 nitrogen and oxygen atoms in total. The largest absolute Gasteiger partial charge is 0.416 e. The maximum Gasteiger partial charge on any atom is 0.416 e. The van der Waals surface area contributed by atoms with Gasteiger partial charge in [-0.05, 0) is 23.3 Å². The Bertz CT molecular complexity index is 564. The summed E-state index contributed by atoms with van der Waals surface area (Å²) in [5.74, 6) is 0. The summed E-state index contributed by atoms with van der Waals surface area (Å²) >= 11 is 0. The predicted octanol–water partition coefficient (Wildman–Crippen LogP) is 3.40. The number of carbonyl (C=O) groups excluding carboxylic acids is 1. The second-order valence-corrected chi connectivity index (χ2v) is 3.85. The van der Waals surface area contributed by atoms with Crippen molar-refractivity contribution in [2.24, 2.45) is 11.5 Å². The van der Waals surface area contributed by atoms with Gasteiger partial charge in [0.05, 0.1) is 5.56 Å². The third kappa shape index (κ3) is 5.01. The number of hydrogen-bond acceptors (Lipinski definition) is 1. The van der Waals surface area contributed by atoms with Gasteiger partial charge in [-0.3, -0.25) is 0 Å². The molecule has 0 aromatic heterocycles. The summed E-state index contributed by atoms with van der Waals surface area (Å²) in [5, 5.41) is 0. The van der Waals surface area contributed by atoms with Crippen molar-refractivity contribution in [2.75, 3.05) is 0 Å². The zero-order valence-electron chi connectivity index (χ0n) is 10.4. The number of hydrogen-bond donors (Lipinski definition) is 2. The van der Waals surface area contributed by atoms with Crippen molar-refractivity contribution in [3.63, 3.8) is 0 Å². The van der Waals surface area contributed by atoms with Crippen LogP contribution in [0.1, 0.15) is 5.56 Å². The van der Waals surface area contributed by atoms with Gasteiger partial charge in [0.25, 0.3) is 0 Å². The minimum Gasteiger partial charge on any atom is -0.352 e. The number of amides is 2. The number of nitrogens with two attached hydrogens (primary N) is 2. The summed E-state index contributed by atoms with van der Waals surface area (Å²) in [6.07, 6.45) is -4.29. The summed E-state index contributed by atoms with van der Waals surface area (Å²) in [7, 11) is 0. The molecule has 2 amide bonds. The second-order valence-electron chi connectivity index (χ2n) is 3.85. The van der Waals surface area contributed by atoms with E-state index in [9.17, 15) is 13.2 Å². The van der Waals surface area contributed by atoms with Crippen molar-refractivity contribution in [2.45, 2.75) is 6.18 Å². The van der Waals surface area contributed by atoms with Gasteiger partial charge in [0.15, 0.2) is 0 Å². The first-order chi connectivity index (χ1) is 9.30. The molecule has 0 aliphatic carbocycles. The molecule has 0 aliphatic heterocycles. The van der Waals surface area contributed by atoms with Crippen LogP contribution in [0.5, 0.6) is 0 Å². The fourth-order valence-electron chi connectivity index (χ4n) is 1.51. The molecule has 0 unspecified atom stereocenters. The Morgan fingerprint density at radius 3 is 1.85 bits per heavy atom. The number of carbonyl (C=O) groups is 1. The van der Waals surface area contributed by atoms with Crippen LogP contribution in [-0.4, -0.2) is 6.03 Å². The predicted molar refractivity (Wildman–Crippen MR) is 70.7 cm³/mol. The van der Waals surface area contributed by atoms with Crippen LogP contribution in [0, 0.1) is 0 Å². The highest BCUT2D eigenvalue weighted by Gasteiger charge is 2.30. The maximum absolute atomic E-state index is 12.5. The molecule has 0 saturated carbocycles. The minimum atomic E-state index is -4.29. The van der Waals surface area contributed by atoms with E-state index in [-0.39, 0.29) is 0 Å². The van der Waals surface area contributed by atoms with Crippen molar-refractivity contribution < 1.29 is 18.0 Å². The Balaban J connectivity index is 0.000000444.